The minimum absolute atomic E-state index is 0.0141. The number of hydrogen-bond acceptors (Lipinski definition) is 6. The van der Waals surface area contributed by atoms with Gasteiger partial charge in [0.25, 0.3) is 0 Å². The van der Waals surface area contributed by atoms with Gasteiger partial charge in [0.1, 0.15) is 23.3 Å². The zero-order chi connectivity index (χ0) is 15.8. The fraction of sp³-hybridized carbons (Fsp3) is 0.312. The Kier molecular flexibility index (Phi) is 3.88. The van der Waals surface area contributed by atoms with E-state index in [4.69, 9.17) is 16.3 Å². The van der Waals surface area contributed by atoms with Gasteiger partial charge in [0.2, 0.25) is 0 Å². The Hall–Kier alpha value is -1.76. The number of rotatable bonds is 2. The minimum Gasteiger partial charge on any atom is -0.367 e. The number of halogens is 1. The van der Waals surface area contributed by atoms with Crippen LogP contribution in [0.15, 0.2) is 29.9 Å². The van der Waals surface area contributed by atoms with E-state index < -0.39 is 0 Å². The highest BCUT2D eigenvalue weighted by atomic mass is 35.5. The highest BCUT2D eigenvalue weighted by Gasteiger charge is 2.26. The van der Waals surface area contributed by atoms with Gasteiger partial charge in [-0.15, -0.1) is 11.3 Å². The first kappa shape index (κ1) is 14.8. The second-order valence-corrected chi connectivity index (χ2v) is 6.82. The van der Waals surface area contributed by atoms with E-state index in [0.29, 0.717) is 11.6 Å². The summed E-state index contributed by atoms with van der Waals surface area (Å²) in [6.45, 7) is 4.20. The molecule has 1 aromatic carbocycles. The molecule has 3 heterocycles. The number of anilines is 1. The minimum atomic E-state index is -0.0141. The quantitative estimate of drug-likeness (QED) is 0.709. The maximum absolute atomic E-state index is 6.06. The topological polar surface area (TPSA) is 51.1 Å². The van der Waals surface area contributed by atoms with Gasteiger partial charge in [-0.05, 0) is 25.1 Å². The molecule has 5 nitrogen and oxygen atoms in total. The zero-order valence-electron chi connectivity index (χ0n) is 12.6. The summed E-state index contributed by atoms with van der Waals surface area (Å²) in [5.41, 5.74) is 1.89. The lowest BCUT2D eigenvalue weighted by Gasteiger charge is -2.33. The van der Waals surface area contributed by atoms with Gasteiger partial charge in [0.15, 0.2) is 0 Å². The summed E-state index contributed by atoms with van der Waals surface area (Å²) < 4.78 is 5.90. The standard InChI is InChI=1S/C16H15ClN4OS/c1-10-8-23-16(20-10)14-7-21(4-5-22-14)15-12-3-2-11(17)6-13(12)18-9-19-15/h2-3,6,8-9,14H,4-5,7H2,1H3. The predicted molar refractivity (Wildman–Crippen MR) is 92.3 cm³/mol. The van der Waals surface area contributed by atoms with Crippen molar-refractivity contribution in [3.05, 3.63) is 45.6 Å². The number of aromatic nitrogens is 3. The Morgan fingerprint density at radius 3 is 3.09 bits per heavy atom. The summed E-state index contributed by atoms with van der Waals surface area (Å²) in [4.78, 5) is 15.6. The van der Waals surface area contributed by atoms with E-state index in [1.54, 1.807) is 17.7 Å². The van der Waals surface area contributed by atoms with Crippen molar-refractivity contribution in [2.75, 3.05) is 24.6 Å². The van der Waals surface area contributed by atoms with Gasteiger partial charge in [-0.25, -0.2) is 15.0 Å². The van der Waals surface area contributed by atoms with Crippen molar-refractivity contribution in [2.45, 2.75) is 13.0 Å². The lowest BCUT2D eigenvalue weighted by Crippen LogP contribution is -2.39. The SMILES string of the molecule is Cc1csc(C2CN(c3ncnc4cc(Cl)ccc34)CCO2)n1. The number of nitrogens with zero attached hydrogens (tertiary/aromatic N) is 4. The molecule has 0 spiro atoms. The number of hydrogen-bond donors (Lipinski definition) is 0. The first-order valence-corrected chi connectivity index (χ1v) is 8.65. The van der Waals surface area contributed by atoms with Crippen LogP contribution in [0.1, 0.15) is 16.8 Å². The molecule has 1 atom stereocenters. The third kappa shape index (κ3) is 2.89. The maximum atomic E-state index is 6.06. The molecule has 2 aromatic heterocycles. The monoisotopic (exact) mass is 346 g/mol. The fourth-order valence-corrected chi connectivity index (χ4v) is 3.78. The summed E-state index contributed by atoms with van der Waals surface area (Å²) in [7, 11) is 0. The summed E-state index contributed by atoms with van der Waals surface area (Å²) in [6, 6.07) is 5.72. The third-order valence-corrected chi connectivity index (χ3v) is 5.15. The van der Waals surface area contributed by atoms with Crippen LogP contribution in [0.3, 0.4) is 0 Å². The molecule has 0 N–H and O–H groups in total. The molecule has 1 aliphatic heterocycles. The smallest absolute Gasteiger partial charge is 0.140 e. The van der Waals surface area contributed by atoms with E-state index >= 15 is 0 Å². The lowest BCUT2D eigenvalue weighted by atomic mass is 10.2. The summed E-state index contributed by atoms with van der Waals surface area (Å²) in [5.74, 6) is 0.924. The second-order valence-electron chi connectivity index (χ2n) is 5.49. The van der Waals surface area contributed by atoms with Gasteiger partial charge in [0.05, 0.1) is 18.7 Å². The van der Waals surface area contributed by atoms with Crippen LogP contribution in [-0.4, -0.2) is 34.6 Å². The van der Waals surface area contributed by atoms with Crippen LogP contribution in [0.5, 0.6) is 0 Å². The molecule has 0 saturated carbocycles. The van der Waals surface area contributed by atoms with Crippen LogP contribution in [0.2, 0.25) is 5.02 Å². The molecule has 1 aliphatic rings. The van der Waals surface area contributed by atoms with Gasteiger partial charge < -0.3 is 9.64 Å². The summed E-state index contributed by atoms with van der Waals surface area (Å²) in [6.07, 6.45) is 1.58. The van der Waals surface area contributed by atoms with Crippen LogP contribution in [-0.2, 0) is 4.74 Å². The molecule has 1 saturated heterocycles. The average Bonchev–Trinajstić information content (AvgIpc) is 3.01. The maximum Gasteiger partial charge on any atom is 0.140 e. The molecule has 23 heavy (non-hydrogen) atoms. The molecule has 1 unspecified atom stereocenters. The van der Waals surface area contributed by atoms with E-state index in [2.05, 4.69) is 25.2 Å². The number of morpholine rings is 1. The van der Waals surface area contributed by atoms with E-state index in [0.717, 1.165) is 40.5 Å². The van der Waals surface area contributed by atoms with Gasteiger partial charge >= 0.3 is 0 Å². The number of aryl methyl sites for hydroxylation is 1. The predicted octanol–water partition coefficient (Wildman–Crippen LogP) is 3.63. The Morgan fingerprint density at radius 2 is 2.26 bits per heavy atom. The molecule has 0 radical (unpaired) electrons. The first-order valence-electron chi connectivity index (χ1n) is 7.39. The number of thiazole rings is 1. The highest BCUT2D eigenvalue weighted by molar-refractivity contribution is 7.09. The Labute approximate surface area is 142 Å². The molecule has 7 heteroatoms. The van der Waals surface area contributed by atoms with Crippen LogP contribution < -0.4 is 4.90 Å². The van der Waals surface area contributed by atoms with Crippen molar-refractivity contribution in [3.63, 3.8) is 0 Å². The third-order valence-electron chi connectivity index (χ3n) is 3.86. The largest absolute Gasteiger partial charge is 0.367 e. The second kappa shape index (κ2) is 6.03. The van der Waals surface area contributed by atoms with Gasteiger partial charge in [-0.2, -0.15) is 0 Å². The molecular formula is C16H15ClN4OS. The molecule has 4 rings (SSSR count). The van der Waals surface area contributed by atoms with Gasteiger partial charge in [-0.1, -0.05) is 11.6 Å². The molecule has 0 amide bonds. The van der Waals surface area contributed by atoms with Crippen LogP contribution in [0.4, 0.5) is 5.82 Å². The zero-order valence-corrected chi connectivity index (χ0v) is 14.1. The highest BCUT2D eigenvalue weighted by Crippen LogP contribution is 2.31. The van der Waals surface area contributed by atoms with Crippen molar-refractivity contribution in [1.82, 2.24) is 15.0 Å². The number of fused-ring (bicyclic) bond motifs is 1. The van der Waals surface area contributed by atoms with E-state index in [1.165, 1.54) is 0 Å². The molecule has 3 aromatic rings. The first-order chi connectivity index (χ1) is 11.2. The molecule has 118 valence electrons. The Morgan fingerprint density at radius 1 is 1.35 bits per heavy atom. The fourth-order valence-electron chi connectivity index (χ4n) is 2.78. The van der Waals surface area contributed by atoms with E-state index in [9.17, 15) is 0 Å². The Bertz CT molecular complexity index is 853. The van der Waals surface area contributed by atoms with Crippen LogP contribution in [0.25, 0.3) is 10.9 Å². The van der Waals surface area contributed by atoms with E-state index in [-0.39, 0.29) is 6.10 Å². The van der Waals surface area contributed by atoms with Gasteiger partial charge in [-0.3, -0.25) is 0 Å². The van der Waals surface area contributed by atoms with Crippen molar-refractivity contribution in [3.8, 4) is 0 Å². The number of ether oxygens (including phenoxy) is 1. The van der Waals surface area contributed by atoms with Crippen molar-refractivity contribution < 1.29 is 4.74 Å². The lowest BCUT2D eigenvalue weighted by molar-refractivity contribution is 0.0394. The normalized spacial score (nSPS) is 18.5. The van der Waals surface area contributed by atoms with Crippen molar-refractivity contribution >= 4 is 39.7 Å². The van der Waals surface area contributed by atoms with Crippen LogP contribution in [0, 0.1) is 6.92 Å². The van der Waals surface area contributed by atoms with E-state index in [1.807, 2.05) is 25.1 Å². The Balaban J connectivity index is 1.67. The molecular weight excluding hydrogens is 332 g/mol. The summed E-state index contributed by atoms with van der Waals surface area (Å²) in [5, 5.41) is 4.77. The van der Waals surface area contributed by atoms with Crippen molar-refractivity contribution in [2.24, 2.45) is 0 Å². The molecule has 1 fully saturated rings. The summed E-state index contributed by atoms with van der Waals surface area (Å²) >= 11 is 7.71. The molecule has 0 bridgehead atoms. The number of benzene rings is 1. The van der Waals surface area contributed by atoms with Gasteiger partial charge in [0, 0.05) is 28.0 Å². The molecule has 0 aliphatic carbocycles. The van der Waals surface area contributed by atoms with Crippen molar-refractivity contribution in [1.29, 1.82) is 0 Å². The van der Waals surface area contributed by atoms with Crippen LogP contribution >= 0.6 is 22.9 Å². The average molecular weight is 347 g/mol.